The first kappa shape index (κ1) is 13.6. The van der Waals surface area contributed by atoms with E-state index in [1.165, 1.54) is 0 Å². The van der Waals surface area contributed by atoms with Crippen LogP contribution >= 0.6 is 23.5 Å². The van der Waals surface area contributed by atoms with Gasteiger partial charge in [0.1, 0.15) is 11.8 Å². The lowest BCUT2D eigenvalue weighted by atomic mass is 10.3. The van der Waals surface area contributed by atoms with Crippen molar-refractivity contribution in [3.8, 4) is 17.5 Å². The van der Waals surface area contributed by atoms with E-state index in [9.17, 15) is 0 Å². The highest BCUT2D eigenvalue weighted by atomic mass is 32.2. The van der Waals surface area contributed by atoms with Crippen molar-refractivity contribution in [2.24, 2.45) is 0 Å². The van der Waals surface area contributed by atoms with Crippen LogP contribution < -0.4 is 0 Å². The number of aromatic amines is 1. The van der Waals surface area contributed by atoms with E-state index in [1.807, 2.05) is 29.6 Å². The first-order valence-electron chi connectivity index (χ1n) is 6.37. The van der Waals surface area contributed by atoms with Crippen molar-refractivity contribution in [3.63, 3.8) is 0 Å². The van der Waals surface area contributed by atoms with Crippen LogP contribution in [0.3, 0.4) is 0 Å². The van der Waals surface area contributed by atoms with E-state index in [2.05, 4.69) is 29.0 Å². The third-order valence-electron chi connectivity index (χ3n) is 3.33. The minimum Gasteiger partial charge on any atom is -0.352 e. The number of H-pyrrole nitrogens is 1. The van der Waals surface area contributed by atoms with Crippen molar-refractivity contribution in [3.05, 3.63) is 23.8 Å². The summed E-state index contributed by atoms with van der Waals surface area (Å²) in [5.41, 5.74) is 1.25. The normalized spacial score (nSPS) is 26.4. The fourth-order valence-corrected chi connectivity index (χ4v) is 4.82. The molecule has 2 aromatic heterocycles. The molecule has 0 amide bonds. The van der Waals surface area contributed by atoms with Crippen molar-refractivity contribution in [1.82, 2.24) is 15.1 Å². The standard InChI is InChI=1S/C13H14N4OS2/c1-7-8(2)20-11(6-19-7)12-16-13(18-17-12)9-3-10(4-14)15-5-9/h3,5,7-8,11,15H,6H2,1-2H3. The Bertz CT molecular complexity index is 645. The average molecular weight is 306 g/mol. The van der Waals surface area contributed by atoms with Crippen molar-refractivity contribution in [2.75, 3.05) is 5.75 Å². The summed E-state index contributed by atoms with van der Waals surface area (Å²) in [5, 5.41) is 14.4. The van der Waals surface area contributed by atoms with Crippen LogP contribution in [0.5, 0.6) is 0 Å². The van der Waals surface area contributed by atoms with Crippen molar-refractivity contribution in [1.29, 1.82) is 5.26 Å². The molecule has 3 atom stereocenters. The Morgan fingerprint density at radius 3 is 3.00 bits per heavy atom. The highest BCUT2D eigenvalue weighted by Gasteiger charge is 2.30. The van der Waals surface area contributed by atoms with Crippen LogP contribution in [-0.2, 0) is 0 Å². The molecular weight excluding hydrogens is 292 g/mol. The maximum Gasteiger partial charge on any atom is 0.259 e. The smallest absolute Gasteiger partial charge is 0.259 e. The minimum atomic E-state index is 0.276. The van der Waals surface area contributed by atoms with Crippen molar-refractivity contribution in [2.45, 2.75) is 29.6 Å². The average Bonchev–Trinajstić information content (AvgIpc) is 3.09. The fourth-order valence-electron chi connectivity index (χ4n) is 1.98. The lowest BCUT2D eigenvalue weighted by molar-refractivity contribution is 0.423. The third-order valence-corrected chi connectivity index (χ3v) is 6.72. The number of hydrogen-bond donors (Lipinski definition) is 1. The molecule has 1 saturated heterocycles. The number of aromatic nitrogens is 3. The van der Waals surface area contributed by atoms with Crippen LogP contribution in [-0.4, -0.2) is 31.4 Å². The second kappa shape index (κ2) is 5.54. The minimum absolute atomic E-state index is 0.276. The van der Waals surface area contributed by atoms with Gasteiger partial charge in [0.05, 0.1) is 10.8 Å². The van der Waals surface area contributed by atoms with Gasteiger partial charge in [-0.05, 0) is 6.07 Å². The van der Waals surface area contributed by atoms with Crippen LogP contribution in [0, 0.1) is 11.3 Å². The van der Waals surface area contributed by atoms with Gasteiger partial charge in [0, 0.05) is 22.4 Å². The highest BCUT2D eigenvalue weighted by molar-refractivity contribution is 8.07. The van der Waals surface area contributed by atoms with Crippen LogP contribution in [0.25, 0.3) is 11.5 Å². The predicted octanol–water partition coefficient (Wildman–Crippen LogP) is 3.23. The van der Waals surface area contributed by atoms with E-state index in [-0.39, 0.29) is 5.25 Å². The zero-order valence-corrected chi connectivity index (χ0v) is 12.8. The van der Waals surface area contributed by atoms with E-state index in [0.717, 1.165) is 17.1 Å². The molecular formula is C13H14N4OS2. The number of nitrogens with one attached hydrogen (secondary N) is 1. The van der Waals surface area contributed by atoms with Crippen LogP contribution in [0.15, 0.2) is 16.8 Å². The molecule has 3 heterocycles. The maximum atomic E-state index is 8.81. The largest absolute Gasteiger partial charge is 0.352 e. The lowest BCUT2D eigenvalue weighted by Gasteiger charge is -2.29. The quantitative estimate of drug-likeness (QED) is 0.917. The van der Waals surface area contributed by atoms with E-state index < -0.39 is 0 Å². The molecule has 1 aliphatic heterocycles. The monoisotopic (exact) mass is 306 g/mol. The number of nitrogens with zero attached hydrogens (tertiary/aromatic N) is 3. The molecule has 7 heteroatoms. The molecule has 0 radical (unpaired) electrons. The molecule has 2 aromatic rings. The Balaban J connectivity index is 1.78. The van der Waals surface area contributed by atoms with Crippen LogP contribution in [0.4, 0.5) is 0 Å². The topological polar surface area (TPSA) is 78.5 Å². The SMILES string of the molecule is CC1SCC(c2noc(-c3c[nH]c(C#N)c3)n2)SC1C. The van der Waals surface area contributed by atoms with Crippen molar-refractivity contribution >= 4 is 23.5 Å². The molecule has 5 nitrogen and oxygen atoms in total. The molecule has 0 aromatic carbocycles. The van der Waals surface area contributed by atoms with Crippen LogP contribution in [0.2, 0.25) is 0 Å². The molecule has 0 saturated carbocycles. The number of hydrogen-bond acceptors (Lipinski definition) is 6. The summed E-state index contributed by atoms with van der Waals surface area (Å²) in [7, 11) is 0. The van der Waals surface area contributed by atoms with Gasteiger partial charge in [-0.3, -0.25) is 0 Å². The summed E-state index contributed by atoms with van der Waals surface area (Å²) in [6.07, 6.45) is 1.71. The van der Waals surface area contributed by atoms with E-state index in [0.29, 0.717) is 22.1 Å². The van der Waals surface area contributed by atoms with E-state index in [1.54, 1.807) is 12.3 Å². The summed E-state index contributed by atoms with van der Waals surface area (Å²) in [4.78, 5) is 7.33. The zero-order valence-electron chi connectivity index (χ0n) is 11.2. The van der Waals surface area contributed by atoms with Crippen LogP contribution in [0.1, 0.15) is 30.6 Å². The molecule has 0 bridgehead atoms. The lowest BCUT2D eigenvalue weighted by Crippen LogP contribution is -2.22. The first-order chi connectivity index (χ1) is 9.67. The molecule has 3 unspecified atom stereocenters. The molecule has 3 rings (SSSR count). The number of rotatable bonds is 2. The van der Waals surface area contributed by atoms with Gasteiger partial charge in [0.15, 0.2) is 5.82 Å². The highest BCUT2D eigenvalue weighted by Crippen LogP contribution is 2.43. The molecule has 1 N–H and O–H groups in total. The number of thioether (sulfide) groups is 2. The molecule has 20 heavy (non-hydrogen) atoms. The Kier molecular flexibility index (Phi) is 3.76. The van der Waals surface area contributed by atoms with Gasteiger partial charge < -0.3 is 9.51 Å². The van der Waals surface area contributed by atoms with Gasteiger partial charge in [-0.1, -0.05) is 19.0 Å². The molecule has 104 valence electrons. The fraction of sp³-hybridized carbons (Fsp3) is 0.462. The Labute approximate surface area is 125 Å². The van der Waals surface area contributed by atoms with Crippen molar-refractivity contribution < 1.29 is 4.52 Å². The van der Waals surface area contributed by atoms with Gasteiger partial charge in [0.25, 0.3) is 5.89 Å². The summed E-state index contributed by atoms with van der Waals surface area (Å²) in [5.74, 6) is 2.22. The molecule has 1 aliphatic rings. The van der Waals surface area contributed by atoms with Gasteiger partial charge in [-0.25, -0.2) is 0 Å². The second-order valence-electron chi connectivity index (χ2n) is 4.74. The third kappa shape index (κ3) is 2.58. The maximum absolute atomic E-state index is 8.81. The zero-order chi connectivity index (χ0) is 14.1. The molecule has 0 spiro atoms. The van der Waals surface area contributed by atoms with Gasteiger partial charge >= 0.3 is 0 Å². The first-order valence-corrected chi connectivity index (χ1v) is 8.36. The second-order valence-corrected chi connectivity index (χ2v) is 7.73. The Hall–Kier alpha value is -1.39. The predicted molar refractivity (Wildman–Crippen MR) is 80.5 cm³/mol. The summed E-state index contributed by atoms with van der Waals surface area (Å²) in [6.45, 7) is 4.49. The summed E-state index contributed by atoms with van der Waals surface area (Å²) >= 11 is 3.85. The van der Waals surface area contributed by atoms with E-state index >= 15 is 0 Å². The Morgan fingerprint density at radius 1 is 1.45 bits per heavy atom. The summed E-state index contributed by atoms with van der Waals surface area (Å²) in [6, 6.07) is 3.76. The number of nitriles is 1. The Morgan fingerprint density at radius 2 is 2.30 bits per heavy atom. The van der Waals surface area contributed by atoms with E-state index in [4.69, 9.17) is 9.78 Å². The summed E-state index contributed by atoms with van der Waals surface area (Å²) < 4.78 is 5.31. The van der Waals surface area contributed by atoms with Gasteiger partial charge in [-0.15, -0.1) is 11.8 Å². The van der Waals surface area contributed by atoms with Gasteiger partial charge in [0.2, 0.25) is 0 Å². The molecule has 1 fully saturated rings. The van der Waals surface area contributed by atoms with Gasteiger partial charge in [-0.2, -0.15) is 22.0 Å². The molecule has 0 aliphatic carbocycles.